The standard InChI is InChI=1S/C13H21F3N2O5/c1-11(2,3)23-10(22)12(18,9(20)21)6-4-5-7(17)8(19)13(14,15)16/h7H,4-6,17-18H2,1-3H3,(H,20,21)/t7?,12-/m0/s1. The molecule has 0 aliphatic carbocycles. The molecule has 134 valence electrons. The molecule has 5 N–H and O–H groups in total. The van der Waals surface area contributed by atoms with Gasteiger partial charge in [-0.25, -0.2) is 9.59 Å². The summed E-state index contributed by atoms with van der Waals surface area (Å²) in [5.74, 6) is -5.01. The minimum absolute atomic E-state index is 0.273. The first-order valence-electron chi connectivity index (χ1n) is 6.73. The smallest absolute Gasteiger partial charge is 0.451 e. The molecule has 0 spiro atoms. The maximum absolute atomic E-state index is 12.2. The molecule has 0 saturated carbocycles. The van der Waals surface area contributed by atoms with Gasteiger partial charge in [-0.2, -0.15) is 13.2 Å². The zero-order valence-corrected chi connectivity index (χ0v) is 13.1. The zero-order valence-electron chi connectivity index (χ0n) is 13.1. The Labute approximate surface area is 131 Å². The molecule has 0 aromatic carbocycles. The molecule has 7 nitrogen and oxygen atoms in total. The number of ether oxygens (including phenoxy) is 1. The van der Waals surface area contributed by atoms with E-state index >= 15 is 0 Å². The van der Waals surface area contributed by atoms with E-state index in [1.807, 2.05) is 0 Å². The van der Waals surface area contributed by atoms with Crippen molar-refractivity contribution in [3.05, 3.63) is 0 Å². The number of carbonyl (C=O) groups excluding carboxylic acids is 2. The lowest BCUT2D eigenvalue weighted by Crippen LogP contribution is -2.57. The third kappa shape index (κ3) is 6.53. The number of carbonyl (C=O) groups is 3. The number of ketones is 1. The molecule has 0 rings (SSSR count). The molecule has 10 heteroatoms. The number of alkyl halides is 3. The number of nitrogens with two attached hydrogens (primary N) is 2. The second-order valence-electron chi connectivity index (χ2n) is 6.14. The maximum atomic E-state index is 12.2. The molecule has 0 saturated heterocycles. The Kier molecular flexibility index (Phi) is 6.73. The number of halogens is 3. The molecule has 1 unspecified atom stereocenters. The maximum Gasteiger partial charge on any atom is 0.451 e. The van der Waals surface area contributed by atoms with Crippen molar-refractivity contribution in [2.75, 3.05) is 0 Å². The van der Waals surface area contributed by atoms with Crippen molar-refractivity contribution in [1.29, 1.82) is 0 Å². The summed E-state index contributed by atoms with van der Waals surface area (Å²) in [6.45, 7) is 4.52. The number of esters is 1. The third-order valence-corrected chi connectivity index (χ3v) is 2.85. The average Bonchev–Trinajstić information content (AvgIpc) is 2.33. The fraction of sp³-hybridized carbons (Fsp3) is 0.769. The van der Waals surface area contributed by atoms with Gasteiger partial charge in [0.25, 0.3) is 5.78 Å². The van der Waals surface area contributed by atoms with Crippen LogP contribution in [0.4, 0.5) is 13.2 Å². The van der Waals surface area contributed by atoms with Gasteiger partial charge in [0.05, 0.1) is 6.04 Å². The Balaban J connectivity index is 4.83. The van der Waals surface area contributed by atoms with Crippen LogP contribution in [0.25, 0.3) is 0 Å². The Bertz CT molecular complexity index is 473. The molecular weight excluding hydrogens is 321 g/mol. The topological polar surface area (TPSA) is 133 Å². The fourth-order valence-corrected chi connectivity index (χ4v) is 1.61. The lowest BCUT2D eigenvalue weighted by Gasteiger charge is -2.28. The van der Waals surface area contributed by atoms with Gasteiger partial charge in [0, 0.05) is 0 Å². The van der Waals surface area contributed by atoms with Gasteiger partial charge in [-0.15, -0.1) is 0 Å². The van der Waals surface area contributed by atoms with Gasteiger partial charge in [-0.05, 0) is 40.0 Å². The quantitative estimate of drug-likeness (QED) is 0.459. The second-order valence-corrected chi connectivity index (χ2v) is 6.14. The largest absolute Gasteiger partial charge is 0.479 e. The lowest BCUT2D eigenvalue weighted by atomic mass is 9.91. The van der Waals surface area contributed by atoms with Gasteiger partial charge in [-0.3, -0.25) is 4.79 Å². The van der Waals surface area contributed by atoms with Gasteiger partial charge in [-0.1, -0.05) is 0 Å². The normalized spacial score (nSPS) is 16.3. The summed E-state index contributed by atoms with van der Waals surface area (Å²) >= 11 is 0. The van der Waals surface area contributed by atoms with E-state index < -0.39 is 53.9 Å². The fourth-order valence-electron chi connectivity index (χ4n) is 1.61. The molecule has 0 aliphatic heterocycles. The van der Waals surface area contributed by atoms with Crippen molar-refractivity contribution in [3.63, 3.8) is 0 Å². The van der Waals surface area contributed by atoms with E-state index in [-0.39, 0.29) is 6.42 Å². The van der Waals surface area contributed by atoms with Crippen LogP contribution < -0.4 is 11.5 Å². The Morgan fingerprint density at radius 2 is 1.65 bits per heavy atom. The SMILES string of the molecule is CC(C)(C)OC(=O)[C@](N)(CCCC(N)C(=O)C(F)(F)F)C(=O)O. The van der Waals surface area contributed by atoms with Crippen LogP contribution in [-0.2, 0) is 19.1 Å². The van der Waals surface area contributed by atoms with E-state index in [0.717, 1.165) is 0 Å². The molecule has 0 aromatic rings. The van der Waals surface area contributed by atoms with Crippen molar-refractivity contribution in [1.82, 2.24) is 0 Å². The summed E-state index contributed by atoms with van der Waals surface area (Å²) in [4.78, 5) is 34.0. The van der Waals surface area contributed by atoms with E-state index in [0.29, 0.717) is 0 Å². The average molecular weight is 342 g/mol. The summed E-state index contributed by atoms with van der Waals surface area (Å²) in [5.41, 5.74) is 7.22. The van der Waals surface area contributed by atoms with Crippen molar-refractivity contribution >= 4 is 17.7 Å². The number of carboxylic acids is 1. The van der Waals surface area contributed by atoms with Crippen LogP contribution in [0.15, 0.2) is 0 Å². The molecule has 2 atom stereocenters. The van der Waals surface area contributed by atoms with Gasteiger partial charge < -0.3 is 21.3 Å². The van der Waals surface area contributed by atoms with Crippen LogP contribution in [0, 0.1) is 0 Å². The Morgan fingerprint density at radius 3 is 2.00 bits per heavy atom. The first-order valence-corrected chi connectivity index (χ1v) is 6.73. The second kappa shape index (κ2) is 7.26. The summed E-state index contributed by atoms with van der Waals surface area (Å²) in [6, 6.07) is -1.84. The molecule has 0 aliphatic rings. The van der Waals surface area contributed by atoms with E-state index in [2.05, 4.69) is 0 Å². The van der Waals surface area contributed by atoms with Crippen molar-refractivity contribution < 1.29 is 37.4 Å². The summed E-state index contributed by atoms with van der Waals surface area (Å²) < 4.78 is 41.4. The molecule has 23 heavy (non-hydrogen) atoms. The number of carboxylic acid groups (broad SMARTS) is 1. The summed E-state index contributed by atoms with van der Waals surface area (Å²) in [6.07, 6.45) is -6.33. The van der Waals surface area contributed by atoms with Crippen LogP contribution in [0.5, 0.6) is 0 Å². The molecule has 0 fully saturated rings. The number of rotatable bonds is 7. The number of hydrogen-bond donors (Lipinski definition) is 3. The van der Waals surface area contributed by atoms with Crippen LogP contribution in [0.1, 0.15) is 40.0 Å². The highest BCUT2D eigenvalue weighted by Crippen LogP contribution is 2.22. The third-order valence-electron chi connectivity index (χ3n) is 2.85. The number of aliphatic carboxylic acids is 1. The van der Waals surface area contributed by atoms with Gasteiger partial charge >= 0.3 is 18.1 Å². The highest BCUT2D eigenvalue weighted by molar-refractivity contribution is 6.03. The predicted octanol–water partition coefficient (Wildman–Crippen LogP) is 0.739. The van der Waals surface area contributed by atoms with Crippen molar-refractivity contribution in [2.45, 2.75) is 63.4 Å². The minimum atomic E-state index is -5.07. The highest BCUT2D eigenvalue weighted by atomic mass is 19.4. The highest BCUT2D eigenvalue weighted by Gasteiger charge is 2.46. The van der Waals surface area contributed by atoms with Gasteiger partial charge in [0.2, 0.25) is 5.54 Å². The number of Topliss-reactive ketones (excluding diaryl/α,β-unsaturated/α-hetero) is 1. The van der Waals surface area contributed by atoms with Crippen molar-refractivity contribution in [2.24, 2.45) is 11.5 Å². The molecule has 0 heterocycles. The Morgan fingerprint density at radius 1 is 1.17 bits per heavy atom. The van der Waals surface area contributed by atoms with Crippen LogP contribution in [0.3, 0.4) is 0 Å². The Hall–Kier alpha value is -1.68. The molecule has 0 bridgehead atoms. The monoisotopic (exact) mass is 342 g/mol. The van der Waals surface area contributed by atoms with Crippen LogP contribution >= 0.6 is 0 Å². The first kappa shape index (κ1) is 21.3. The first-order chi connectivity index (χ1) is 10.1. The zero-order chi connectivity index (χ0) is 18.6. The summed E-state index contributed by atoms with van der Waals surface area (Å²) in [7, 11) is 0. The van der Waals surface area contributed by atoms with E-state index in [1.165, 1.54) is 20.8 Å². The van der Waals surface area contributed by atoms with Crippen LogP contribution in [-0.4, -0.2) is 46.2 Å². The molecule has 0 aromatic heterocycles. The lowest BCUT2D eigenvalue weighted by molar-refractivity contribution is -0.172. The van der Waals surface area contributed by atoms with E-state index in [1.54, 1.807) is 0 Å². The number of hydrogen-bond acceptors (Lipinski definition) is 6. The predicted molar refractivity (Wildman–Crippen MR) is 73.3 cm³/mol. The van der Waals surface area contributed by atoms with Gasteiger partial charge in [0.15, 0.2) is 0 Å². The van der Waals surface area contributed by atoms with Crippen molar-refractivity contribution in [3.8, 4) is 0 Å². The molecule has 0 amide bonds. The van der Waals surface area contributed by atoms with Gasteiger partial charge in [0.1, 0.15) is 5.60 Å². The molecule has 0 radical (unpaired) electrons. The van der Waals surface area contributed by atoms with E-state index in [9.17, 15) is 27.6 Å². The van der Waals surface area contributed by atoms with Crippen LogP contribution in [0.2, 0.25) is 0 Å². The minimum Gasteiger partial charge on any atom is -0.479 e. The van der Waals surface area contributed by atoms with E-state index in [4.69, 9.17) is 21.3 Å². The summed E-state index contributed by atoms with van der Waals surface area (Å²) in [5, 5.41) is 9.10. The molecular formula is C13H21F3N2O5.